The normalized spacial score (nSPS) is 14.3. The molecule has 0 spiro atoms. The summed E-state index contributed by atoms with van der Waals surface area (Å²) < 4.78 is 9.94. The van der Waals surface area contributed by atoms with Gasteiger partial charge < -0.3 is 19.6 Å². The van der Waals surface area contributed by atoms with Crippen LogP contribution in [-0.2, 0) is 33.5 Å². The quantitative estimate of drug-likeness (QED) is 0.413. The Hall–Kier alpha value is -2.00. The molecule has 1 fully saturated rings. The molecule has 0 bridgehead atoms. The summed E-state index contributed by atoms with van der Waals surface area (Å²) in [4.78, 5) is 50.0. The average molecular weight is 316 g/mol. The van der Waals surface area contributed by atoms with Crippen molar-refractivity contribution in [1.82, 2.24) is 10.4 Å². The lowest BCUT2D eigenvalue weighted by Crippen LogP contribution is -2.33. The molecule has 9 nitrogen and oxygen atoms in total. The van der Waals surface area contributed by atoms with Crippen molar-refractivity contribution in [2.45, 2.75) is 25.7 Å². The lowest BCUT2D eigenvalue weighted by molar-refractivity contribution is -0.197. The highest BCUT2D eigenvalue weighted by atomic mass is 16.7. The van der Waals surface area contributed by atoms with E-state index in [-0.39, 0.29) is 31.6 Å². The van der Waals surface area contributed by atoms with Gasteiger partial charge in [-0.1, -0.05) is 0 Å². The van der Waals surface area contributed by atoms with E-state index in [2.05, 4.69) is 10.2 Å². The topological polar surface area (TPSA) is 111 Å². The van der Waals surface area contributed by atoms with Crippen LogP contribution < -0.4 is 5.32 Å². The summed E-state index contributed by atoms with van der Waals surface area (Å²) in [6.45, 7) is 1.58. The fourth-order valence-corrected chi connectivity index (χ4v) is 1.62. The Morgan fingerprint density at radius 2 is 1.77 bits per heavy atom. The number of nitrogens with one attached hydrogen (secondary N) is 1. The second kappa shape index (κ2) is 9.85. The third-order valence-electron chi connectivity index (χ3n) is 2.76. The van der Waals surface area contributed by atoms with E-state index < -0.39 is 17.8 Å². The van der Waals surface area contributed by atoms with Crippen LogP contribution in [0.4, 0.5) is 0 Å². The maximum absolute atomic E-state index is 11.5. The number of carbonyl (C=O) groups is 4. The lowest BCUT2D eigenvalue weighted by atomic mass is 10.3. The van der Waals surface area contributed by atoms with Crippen molar-refractivity contribution >= 4 is 23.7 Å². The molecule has 0 saturated carbocycles. The van der Waals surface area contributed by atoms with Gasteiger partial charge in [-0.3, -0.25) is 14.4 Å². The van der Waals surface area contributed by atoms with Crippen molar-refractivity contribution < 1.29 is 33.5 Å². The molecule has 1 heterocycles. The van der Waals surface area contributed by atoms with E-state index in [1.807, 2.05) is 0 Å². The minimum absolute atomic E-state index is 0.0374. The molecule has 1 saturated heterocycles. The summed E-state index contributed by atoms with van der Waals surface area (Å²) in [5.74, 6) is -2.23. The highest BCUT2D eigenvalue weighted by Crippen LogP contribution is 2.12. The van der Waals surface area contributed by atoms with E-state index in [1.165, 1.54) is 0 Å². The molecule has 22 heavy (non-hydrogen) atoms. The first kappa shape index (κ1) is 18.1. The predicted octanol–water partition coefficient (Wildman–Crippen LogP) is -0.847. The number of methoxy groups -OCH3 is 1. The van der Waals surface area contributed by atoms with E-state index >= 15 is 0 Å². The van der Waals surface area contributed by atoms with Gasteiger partial charge in [-0.05, 0) is 0 Å². The van der Waals surface area contributed by atoms with Crippen molar-refractivity contribution in [2.75, 3.05) is 33.5 Å². The second-order valence-corrected chi connectivity index (χ2v) is 4.50. The molecule has 0 atom stereocenters. The maximum Gasteiger partial charge on any atom is 0.333 e. The number of imide groups is 1. The number of amides is 3. The van der Waals surface area contributed by atoms with Crippen molar-refractivity contribution in [1.29, 1.82) is 0 Å². The Balaban J connectivity index is 2.09. The zero-order chi connectivity index (χ0) is 16.4. The van der Waals surface area contributed by atoms with Gasteiger partial charge in [0, 0.05) is 32.9 Å². The predicted molar refractivity (Wildman–Crippen MR) is 72.1 cm³/mol. The molecule has 0 unspecified atom stereocenters. The number of rotatable bonds is 10. The van der Waals surface area contributed by atoms with E-state index in [9.17, 15) is 19.2 Å². The Bertz CT molecular complexity index is 409. The molecule has 0 radical (unpaired) electrons. The fraction of sp³-hybridized carbons (Fsp3) is 0.692. The third kappa shape index (κ3) is 6.64. The zero-order valence-electron chi connectivity index (χ0n) is 12.5. The van der Waals surface area contributed by atoms with Crippen molar-refractivity contribution in [3.8, 4) is 0 Å². The van der Waals surface area contributed by atoms with E-state index in [0.29, 0.717) is 31.4 Å². The zero-order valence-corrected chi connectivity index (χ0v) is 12.5. The van der Waals surface area contributed by atoms with Crippen LogP contribution in [0, 0.1) is 0 Å². The van der Waals surface area contributed by atoms with Gasteiger partial charge in [0.05, 0.1) is 26.2 Å². The summed E-state index contributed by atoms with van der Waals surface area (Å²) in [6, 6.07) is 0. The van der Waals surface area contributed by atoms with Gasteiger partial charge in [0.25, 0.3) is 11.8 Å². The first-order chi connectivity index (χ1) is 10.5. The first-order valence-electron chi connectivity index (χ1n) is 6.94. The summed E-state index contributed by atoms with van der Waals surface area (Å²) in [6.07, 6.45) is -0.230. The van der Waals surface area contributed by atoms with Gasteiger partial charge in [0.2, 0.25) is 5.91 Å². The van der Waals surface area contributed by atoms with Crippen LogP contribution in [-0.4, -0.2) is 62.2 Å². The molecule has 0 aromatic heterocycles. The van der Waals surface area contributed by atoms with Gasteiger partial charge in [-0.2, -0.15) is 0 Å². The monoisotopic (exact) mass is 316 g/mol. The minimum atomic E-state index is -0.796. The number of hydrogen-bond acceptors (Lipinski definition) is 7. The first-order valence-corrected chi connectivity index (χ1v) is 6.94. The molecule has 0 aromatic carbocycles. The molecule has 9 heteroatoms. The lowest BCUT2D eigenvalue weighted by Gasteiger charge is -2.12. The Kier molecular flexibility index (Phi) is 8.08. The van der Waals surface area contributed by atoms with Gasteiger partial charge in [-0.25, -0.2) is 4.79 Å². The van der Waals surface area contributed by atoms with Crippen LogP contribution in [0.1, 0.15) is 25.7 Å². The van der Waals surface area contributed by atoms with E-state index in [1.54, 1.807) is 7.11 Å². The summed E-state index contributed by atoms with van der Waals surface area (Å²) in [7, 11) is 1.56. The molecular weight excluding hydrogens is 296 g/mol. The smallest absolute Gasteiger partial charge is 0.333 e. The number of hydrogen-bond donors (Lipinski definition) is 1. The van der Waals surface area contributed by atoms with Crippen LogP contribution in [0.2, 0.25) is 0 Å². The maximum atomic E-state index is 11.5. The summed E-state index contributed by atoms with van der Waals surface area (Å²) >= 11 is 0. The molecule has 1 aliphatic rings. The minimum Gasteiger partial charge on any atom is -0.382 e. The highest BCUT2D eigenvalue weighted by molar-refractivity contribution is 6.01. The van der Waals surface area contributed by atoms with E-state index in [0.717, 1.165) is 0 Å². The molecule has 0 aliphatic carbocycles. The third-order valence-corrected chi connectivity index (χ3v) is 2.76. The average Bonchev–Trinajstić information content (AvgIpc) is 2.80. The molecule has 1 aliphatic heterocycles. The molecule has 1 rings (SSSR count). The molecule has 3 amide bonds. The van der Waals surface area contributed by atoms with Crippen LogP contribution in [0.25, 0.3) is 0 Å². The van der Waals surface area contributed by atoms with Gasteiger partial charge in [-0.15, -0.1) is 5.06 Å². The number of carbonyl (C=O) groups excluding carboxylic acids is 4. The number of ether oxygens (including phenoxy) is 2. The number of nitrogens with zero attached hydrogens (tertiary/aromatic N) is 1. The Labute approximate surface area is 127 Å². The Morgan fingerprint density at radius 3 is 2.41 bits per heavy atom. The molecule has 124 valence electrons. The van der Waals surface area contributed by atoms with Crippen molar-refractivity contribution in [3.05, 3.63) is 0 Å². The fourth-order valence-electron chi connectivity index (χ4n) is 1.62. The van der Waals surface area contributed by atoms with Gasteiger partial charge in [0.1, 0.15) is 0 Å². The second-order valence-electron chi connectivity index (χ2n) is 4.50. The molecule has 0 aromatic rings. The Morgan fingerprint density at radius 1 is 1.09 bits per heavy atom. The van der Waals surface area contributed by atoms with E-state index in [4.69, 9.17) is 9.47 Å². The van der Waals surface area contributed by atoms with Crippen molar-refractivity contribution in [3.63, 3.8) is 0 Å². The standard InChI is InChI=1S/C13H20N2O7/c1-20-8-9-21-7-6-14-10(16)2-5-13(19)22-15-11(17)3-4-12(15)18/h2-9H2,1H3,(H,14,16). The van der Waals surface area contributed by atoms with Crippen LogP contribution in [0.5, 0.6) is 0 Å². The van der Waals surface area contributed by atoms with Crippen LogP contribution >= 0.6 is 0 Å². The van der Waals surface area contributed by atoms with Gasteiger partial charge in [0.15, 0.2) is 0 Å². The van der Waals surface area contributed by atoms with Crippen LogP contribution in [0.3, 0.4) is 0 Å². The SMILES string of the molecule is COCCOCCNC(=O)CCC(=O)ON1C(=O)CCC1=O. The summed E-state index contributed by atoms with van der Waals surface area (Å²) in [5.41, 5.74) is 0. The summed E-state index contributed by atoms with van der Waals surface area (Å²) in [5, 5.41) is 3.03. The number of hydroxylamine groups is 2. The molecular formula is C13H20N2O7. The highest BCUT2D eigenvalue weighted by Gasteiger charge is 2.32. The molecule has 1 N–H and O–H groups in total. The van der Waals surface area contributed by atoms with Gasteiger partial charge >= 0.3 is 5.97 Å². The largest absolute Gasteiger partial charge is 0.382 e. The van der Waals surface area contributed by atoms with Crippen LogP contribution in [0.15, 0.2) is 0 Å². The van der Waals surface area contributed by atoms with Crippen molar-refractivity contribution in [2.24, 2.45) is 0 Å².